The van der Waals surface area contributed by atoms with Crippen molar-refractivity contribution in [3.8, 4) is 5.75 Å². The van der Waals surface area contributed by atoms with Gasteiger partial charge in [0.25, 0.3) is 0 Å². The molecule has 6 nitrogen and oxygen atoms in total. The smallest absolute Gasteiger partial charge is 0.410 e. The van der Waals surface area contributed by atoms with E-state index in [1.165, 1.54) is 12.1 Å². The minimum absolute atomic E-state index is 0.0117. The Kier molecular flexibility index (Phi) is 10.2. The van der Waals surface area contributed by atoms with Crippen molar-refractivity contribution in [2.45, 2.75) is 63.4 Å². The van der Waals surface area contributed by atoms with Gasteiger partial charge in [-0.2, -0.15) is 0 Å². The Hall–Kier alpha value is -2.94. The third kappa shape index (κ3) is 7.62. The lowest BCUT2D eigenvalue weighted by Gasteiger charge is -2.40. The van der Waals surface area contributed by atoms with Crippen LogP contribution in [-0.2, 0) is 20.8 Å². The number of ether oxygens (including phenoxy) is 4. The van der Waals surface area contributed by atoms with Gasteiger partial charge in [0.2, 0.25) is 0 Å². The largest absolute Gasteiger partial charge is 0.493 e. The van der Waals surface area contributed by atoms with Crippen molar-refractivity contribution in [2.24, 2.45) is 0 Å². The van der Waals surface area contributed by atoms with E-state index < -0.39 is 5.60 Å². The second kappa shape index (κ2) is 13.6. The number of hydrogen-bond acceptors (Lipinski definition) is 5. The van der Waals surface area contributed by atoms with Crippen molar-refractivity contribution < 1.29 is 28.1 Å². The number of carbonyl (C=O) groups excluding carboxylic acids is 1. The Balaban J connectivity index is 1.54. The van der Waals surface area contributed by atoms with Crippen molar-refractivity contribution in [3.05, 3.63) is 77.6 Å². The molecule has 1 saturated heterocycles. The van der Waals surface area contributed by atoms with Crippen LogP contribution in [0, 0.1) is 5.82 Å². The molecule has 0 N–H and O–H groups in total. The SMILES string of the molecule is COCCCOc1cc(COC2CN(C(=O)OC(C)(C)C(C)[Si])CCC2c2ccc(F)cc2)cc2ccccc12. The molecule has 0 bridgehead atoms. The van der Waals surface area contributed by atoms with Crippen LogP contribution >= 0.6 is 0 Å². The van der Waals surface area contributed by atoms with E-state index in [4.69, 9.17) is 18.9 Å². The van der Waals surface area contributed by atoms with Crippen LogP contribution in [0.3, 0.4) is 0 Å². The molecule has 3 aromatic carbocycles. The molecule has 3 unspecified atom stereocenters. The molecule has 1 amide bonds. The van der Waals surface area contributed by atoms with Gasteiger partial charge in [0.1, 0.15) is 17.2 Å². The Bertz CT molecular complexity index is 1270. The van der Waals surface area contributed by atoms with Crippen LogP contribution in [0.2, 0.25) is 5.54 Å². The fraction of sp³-hybridized carbons (Fsp3) is 0.469. The Morgan fingerprint density at radius 2 is 1.88 bits per heavy atom. The maximum absolute atomic E-state index is 13.7. The zero-order chi connectivity index (χ0) is 28.7. The van der Waals surface area contributed by atoms with E-state index in [0.717, 1.165) is 34.1 Å². The molecule has 1 fully saturated rings. The van der Waals surface area contributed by atoms with Gasteiger partial charge in [0.15, 0.2) is 0 Å². The third-order valence-corrected chi connectivity index (χ3v) is 8.30. The number of hydrogen-bond donors (Lipinski definition) is 0. The number of halogens is 1. The number of carbonyl (C=O) groups is 1. The molecule has 40 heavy (non-hydrogen) atoms. The highest BCUT2D eigenvalue weighted by atomic mass is 28.1. The number of fused-ring (bicyclic) bond motifs is 1. The van der Waals surface area contributed by atoms with Crippen molar-refractivity contribution in [2.75, 3.05) is 33.4 Å². The van der Waals surface area contributed by atoms with Gasteiger partial charge in [-0.1, -0.05) is 43.3 Å². The number of benzene rings is 3. The topological polar surface area (TPSA) is 57.2 Å². The first kappa shape index (κ1) is 30.0. The van der Waals surface area contributed by atoms with Crippen molar-refractivity contribution >= 4 is 27.1 Å². The quantitative estimate of drug-likeness (QED) is 0.193. The first-order chi connectivity index (χ1) is 19.2. The summed E-state index contributed by atoms with van der Waals surface area (Å²) in [4.78, 5) is 14.8. The zero-order valence-corrected chi connectivity index (χ0v) is 24.8. The van der Waals surface area contributed by atoms with Gasteiger partial charge in [0, 0.05) is 48.2 Å². The predicted molar refractivity (Wildman–Crippen MR) is 156 cm³/mol. The molecule has 1 heterocycles. The van der Waals surface area contributed by atoms with E-state index in [0.29, 0.717) is 39.3 Å². The summed E-state index contributed by atoms with van der Waals surface area (Å²) >= 11 is 0. The van der Waals surface area contributed by atoms with Crippen molar-refractivity contribution in [1.29, 1.82) is 0 Å². The summed E-state index contributed by atoms with van der Waals surface area (Å²) in [6, 6.07) is 18.8. The number of nitrogens with zero attached hydrogens (tertiary/aromatic N) is 1. The van der Waals surface area contributed by atoms with Crippen LogP contribution in [0.1, 0.15) is 50.7 Å². The van der Waals surface area contributed by atoms with Crippen molar-refractivity contribution in [3.63, 3.8) is 0 Å². The average Bonchev–Trinajstić information content (AvgIpc) is 2.94. The van der Waals surface area contributed by atoms with Gasteiger partial charge < -0.3 is 23.8 Å². The standard InChI is InChI=1S/C32H39FNO5Si/c1-22(40)32(2,3)39-31(35)34-15-14-28(24-10-12-26(33)13-11-24)30(20-34)38-21-23-18-25-8-5-6-9-27(25)29(19-23)37-17-7-16-36-4/h5-6,8-13,18-19,22,28,30H,7,14-17,20-21H2,1-4H3. The summed E-state index contributed by atoms with van der Waals surface area (Å²) in [5, 5.41) is 2.11. The first-order valence-electron chi connectivity index (χ1n) is 13.9. The Morgan fingerprint density at radius 1 is 1.12 bits per heavy atom. The second-order valence-corrected chi connectivity index (χ2v) is 11.8. The molecule has 1 aliphatic heterocycles. The maximum atomic E-state index is 13.7. The molecular formula is C32H39FNO5Si. The normalized spacial score (nSPS) is 18.5. The summed E-state index contributed by atoms with van der Waals surface area (Å²) in [6.07, 6.45) is 0.816. The first-order valence-corrected chi connectivity index (χ1v) is 14.4. The van der Waals surface area contributed by atoms with Crippen molar-refractivity contribution in [1.82, 2.24) is 4.90 Å². The summed E-state index contributed by atoms with van der Waals surface area (Å²) in [5.74, 6) is 0.544. The monoisotopic (exact) mass is 564 g/mol. The van der Waals surface area contributed by atoms with E-state index in [-0.39, 0.29) is 29.5 Å². The van der Waals surface area contributed by atoms with E-state index in [1.54, 1.807) is 12.0 Å². The molecule has 8 heteroatoms. The van der Waals surface area contributed by atoms with Crippen LogP contribution in [0.15, 0.2) is 60.7 Å². The molecule has 1 aliphatic rings. The van der Waals surface area contributed by atoms with E-state index in [2.05, 4.69) is 28.4 Å². The molecule has 3 aromatic rings. The predicted octanol–water partition coefficient (Wildman–Crippen LogP) is 6.66. The van der Waals surface area contributed by atoms with Gasteiger partial charge in [-0.15, -0.1) is 0 Å². The summed E-state index contributed by atoms with van der Waals surface area (Å²) in [5.41, 5.74) is 1.29. The molecule has 213 valence electrons. The summed E-state index contributed by atoms with van der Waals surface area (Å²) < 4.78 is 37.3. The molecule has 0 aliphatic carbocycles. The molecule has 0 aromatic heterocycles. The number of likely N-dealkylation sites (tertiary alicyclic amines) is 1. The van der Waals surface area contributed by atoms with Gasteiger partial charge >= 0.3 is 6.09 Å². The van der Waals surface area contributed by atoms with E-state index in [1.807, 2.05) is 51.1 Å². The molecule has 0 saturated carbocycles. The molecule has 4 rings (SSSR count). The molecule has 3 radical (unpaired) electrons. The molecule has 0 spiro atoms. The van der Waals surface area contributed by atoms with Gasteiger partial charge in [-0.3, -0.25) is 0 Å². The van der Waals surface area contributed by atoms with E-state index >= 15 is 0 Å². The fourth-order valence-corrected chi connectivity index (χ4v) is 4.91. The number of rotatable bonds is 11. The van der Waals surface area contributed by atoms with Gasteiger partial charge in [-0.25, -0.2) is 9.18 Å². The van der Waals surface area contributed by atoms with Crippen LogP contribution in [0.25, 0.3) is 10.8 Å². The lowest BCUT2D eigenvalue weighted by molar-refractivity contribution is -0.0393. The van der Waals surface area contributed by atoms with E-state index in [9.17, 15) is 9.18 Å². The van der Waals surface area contributed by atoms with Crippen LogP contribution in [0.5, 0.6) is 5.75 Å². The average molecular weight is 565 g/mol. The minimum Gasteiger partial charge on any atom is -0.493 e. The highest BCUT2D eigenvalue weighted by Gasteiger charge is 2.36. The van der Waals surface area contributed by atoms with Crippen LogP contribution in [-0.4, -0.2) is 66.4 Å². The number of piperidine rings is 1. The van der Waals surface area contributed by atoms with Crippen LogP contribution < -0.4 is 4.74 Å². The zero-order valence-electron chi connectivity index (χ0n) is 23.8. The third-order valence-electron chi connectivity index (χ3n) is 7.61. The lowest BCUT2D eigenvalue weighted by atomic mass is 9.87. The second-order valence-electron chi connectivity index (χ2n) is 10.9. The number of methoxy groups -OCH3 is 1. The highest BCUT2D eigenvalue weighted by molar-refractivity contribution is 6.12. The lowest BCUT2D eigenvalue weighted by Crippen LogP contribution is -2.49. The summed E-state index contributed by atoms with van der Waals surface area (Å²) in [7, 11) is 5.27. The fourth-order valence-electron chi connectivity index (χ4n) is 4.85. The minimum atomic E-state index is -0.664. The molecular weight excluding hydrogens is 525 g/mol. The Morgan fingerprint density at radius 3 is 2.60 bits per heavy atom. The Labute approximate surface area is 240 Å². The van der Waals surface area contributed by atoms with Gasteiger partial charge in [-0.05, 0) is 66.6 Å². The molecule has 3 atom stereocenters. The number of amides is 1. The summed E-state index contributed by atoms with van der Waals surface area (Å²) in [6.45, 7) is 8.16. The maximum Gasteiger partial charge on any atom is 0.410 e. The highest BCUT2D eigenvalue weighted by Crippen LogP contribution is 2.34. The van der Waals surface area contributed by atoms with Crippen LogP contribution in [0.4, 0.5) is 9.18 Å². The van der Waals surface area contributed by atoms with Gasteiger partial charge in [0.05, 0.1) is 25.9 Å².